The minimum absolute atomic E-state index is 0. The van der Waals surface area contributed by atoms with Crippen LogP contribution in [-0.4, -0.2) is 13.1 Å². The van der Waals surface area contributed by atoms with E-state index in [1.165, 1.54) is 0 Å². The summed E-state index contributed by atoms with van der Waals surface area (Å²) in [5.74, 6) is 0. The molecular formula is C10H22NNa. The van der Waals surface area contributed by atoms with Crippen molar-refractivity contribution in [2.75, 3.05) is 13.1 Å². The monoisotopic (exact) mass is 179 g/mol. The Morgan fingerprint density at radius 1 is 0.750 bits per heavy atom. The van der Waals surface area contributed by atoms with Crippen molar-refractivity contribution in [1.82, 2.24) is 0 Å². The van der Waals surface area contributed by atoms with E-state index >= 15 is 0 Å². The van der Waals surface area contributed by atoms with Crippen molar-refractivity contribution in [3.8, 4) is 0 Å². The molecule has 0 saturated heterocycles. The maximum Gasteiger partial charge on any atom is 1.00 e. The molecule has 2 heteroatoms. The summed E-state index contributed by atoms with van der Waals surface area (Å²) >= 11 is 0. The van der Waals surface area contributed by atoms with E-state index in [0.717, 1.165) is 13.1 Å². The Bertz CT molecular complexity index is 94.0. The van der Waals surface area contributed by atoms with Crippen molar-refractivity contribution in [1.29, 1.82) is 0 Å². The fourth-order valence-electron chi connectivity index (χ4n) is 0.727. The van der Waals surface area contributed by atoms with Crippen LogP contribution in [0.5, 0.6) is 0 Å². The second-order valence-electron chi connectivity index (χ2n) is 5.66. The summed E-state index contributed by atoms with van der Waals surface area (Å²) in [6.07, 6.45) is 0. The molecule has 0 aliphatic carbocycles. The fraction of sp³-hybridized carbons (Fsp3) is 1.00. The first kappa shape index (κ1) is 15.4. The summed E-state index contributed by atoms with van der Waals surface area (Å²) in [5, 5.41) is 4.51. The molecule has 0 heterocycles. The van der Waals surface area contributed by atoms with Gasteiger partial charge in [-0.25, -0.2) is 0 Å². The van der Waals surface area contributed by atoms with Gasteiger partial charge in [0.1, 0.15) is 0 Å². The van der Waals surface area contributed by atoms with Gasteiger partial charge in [0.2, 0.25) is 0 Å². The van der Waals surface area contributed by atoms with Crippen molar-refractivity contribution < 1.29 is 29.6 Å². The van der Waals surface area contributed by atoms with Crippen LogP contribution >= 0.6 is 0 Å². The number of hydrogen-bond acceptors (Lipinski definition) is 0. The summed E-state index contributed by atoms with van der Waals surface area (Å²) in [7, 11) is 0. The molecule has 0 bridgehead atoms. The maximum atomic E-state index is 4.51. The zero-order valence-electron chi connectivity index (χ0n) is 9.86. The van der Waals surface area contributed by atoms with Gasteiger partial charge in [-0.3, -0.25) is 0 Å². The Kier molecular flexibility index (Phi) is 7.25. The first-order valence-electron chi connectivity index (χ1n) is 4.34. The van der Waals surface area contributed by atoms with E-state index in [4.69, 9.17) is 0 Å². The fourth-order valence-corrected chi connectivity index (χ4v) is 0.727. The summed E-state index contributed by atoms with van der Waals surface area (Å²) < 4.78 is 0. The van der Waals surface area contributed by atoms with Gasteiger partial charge in [0, 0.05) is 0 Å². The number of nitrogens with zero attached hydrogens (tertiary/aromatic N) is 1. The van der Waals surface area contributed by atoms with E-state index in [1.807, 2.05) is 0 Å². The molecule has 0 amide bonds. The molecule has 68 valence electrons. The molecule has 0 rings (SSSR count). The standard InChI is InChI=1S/C10H22N.Na/c1-9(2,3)7-11-8-10(4,5)6;/h7-8H2,1-6H3;/q-1;+1. The van der Waals surface area contributed by atoms with E-state index in [1.54, 1.807) is 0 Å². The smallest absolute Gasteiger partial charge is 0.661 e. The molecule has 0 N–H and O–H groups in total. The Morgan fingerprint density at radius 2 is 1.00 bits per heavy atom. The van der Waals surface area contributed by atoms with Crippen LogP contribution in [0.2, 0.25) is 0 Å². The van der Waals surface area contributed by atoms with Gasteiger partial charge in [-0.1, -0.05) is 52.4 Å². The van der Waals surface area contributed by atoms with Crippen molar-refractivity contribution >= 4 is 0 Å². The van der Waals surface area contributed by atoms with E-state index in [-0.39, 0.29) is 29.6 Å². The van der Waals surface area contributed by atoms with Gasteiger partial charge in [0.15, 0.2) is 0 Å². The molecular weight excluding hydrogens is 157 g/mol. The largest absolute Gasteiger partial charge is 1.00 e. The average Bonchev–Trinajstić information content (AvgIpc) is 1.55. The van der Waals surface area contributed by atoms with Gasteiger partial charge in [-0.05, 0) is 0 Å². The number of hydrogen-bond donors (Lipinski definition) is 0. The molecule has 0 unspecified atom stereocenters. The van der Waals surface area contributed by atoms with Crippen molar-refractivity contribution in [3.05, 3.63) is 5.32 Å². The van der Waals surface area contributed by atoms with Crippen LogP contribution < -0.4 is 29.6 Å². The van der Waals surface area contributed by atoms with Crippen LogP contribution in [0.15, 0.2) is 0 Å². The third-order valence-electron chi connectivity index (χ3n) is 1.17. The van der Waals surface area contributed by atoms with Crippen LogP contribution in [-0.2, 0) is 0 Å². The van der Waals surface area contributed by atoms with Gasteiger partial charge in [-0.15, -0.1) is 13.1 Å². The van der Waals surface area contributed by atoms with E-state index in [0.29, 0.717) is 10.8 Å². The van der Waals surface area contributed by atoms with Gasteiger partial charge in [-0.2, -0.15) is 0 Å². The van der Waals surface area contributed by atoms with Gasteiger partial charge >= 0.3 is 29.6 Å². The van der Waals surface area contributed by atoms with Crippen LogP contribution in [0.25, 0.3) is 5.32 Å². The third-order valence-corrected chi connectivity index (χ3v) is 1.17. The molecule has 0 saturated carbocycles. The molecule has 0 fully saturated rings. The predicted molar refractivity (Wildman–Crippen MR) is 52.0 cm³/mol. The Labute approximate surface area is 100.0 Å². The van der Waals surface area contributed by atoms with Gasteiger partial charge in [0.05, 0.1) is 0 Å². The summed E-state index contributed by atoms with van der Waals surface area (Å²) in [4.78, 5) is 0. The molecule has 0 atom stereocenters. The average molecular weight is 179 g/mol. The summed E-state index contributed by atoms with van der Waals surface area (Å²) in [6, 6.07) is 0. The Balaban J connectivity index is 0. The van der Waals surface area contributed by atoms with Crippen LogP contribution in [0.1, 0.15) is 41.5 Å². The SMILES string of the molecule is CC(C)(C)C[N-]CC(C)(C)C.[Na+]. The minimum atomic E-state index is 0. The molecule has 0 radical (unpaired) electrons. The molecule has 0 aliphatic heterocycles. The maximum absolute atomic E-state index is 4.51. The predicted octanol–water partition coefficient (Wildman–Crippen LogP) is 0.456. The minimum Gasteiger partial charge on any atom is -0.661 e. The molecule has 0 spiro atoms. The third kappa shape index (κ3) is 13.5. The van der Waals surface area contributed by atoms with E-state index in [9.17, 15) is 0 Å². The summed E-state index contributed by atoms with van der Waals surface area (Å²) in [6.45, 7) is 15.3. The first-order chi connectivity index (χ1) is 4.71. The molecule has 0 aromatic rings. The zero-order chi connectivity index (χ0) is 9.12. The topological polar surface area (TPSA) is 14.1 Å². The molecule has 1 nitrogen and oxygen atoms in total. The van der Waals surface area contributed by atoms with Gasteiger partial charge in [0.25, 0.3) is 0 Å². The Hall–Kier alpha value is 0.960. The molecule has 0 aromatic carbocycles. The van der Waals surface area contributed by atoms with Crippen LogP contribution in [0.3, 0.4) is 0 Å². The van der Waals surface area contributed by atoms with Crippen molar-refractivity contribution in [2.24, 2.45) is 10.8 Å². The molecule has 12 heavy (non-hydrogen) atoms. The van der Waals surface area contributed by atoms with Crippen LogP contribution in [0.4, 0.5) is 0 Å². The molecule has 0 aromatic heterocycles. The summed E-state index contributed by atoms with van der Waals surface area (Å²) in [5.41, 5.74) is 0.705. The molecule has 0 aliphatic rings. The zero-order valence-corrected chi connectivity index (χ0v) is 11.9. The van der Waals surface area contributed by atoms with Crippen LogP contribution in [0, 0.1) is 10.8 Å². The van der Waals surface area contributed by atoms with Gasteiger partial charge < -0.3 is 5.32 Å². The van der Waals surface area contributed by atoms with Crippen molar-refractivity contribution in [3.63, 3.8) is 0 Å². The first-order valence-corrected chi connectivity index (χ1v) is 4.34. The van der Waals surface area contributed by atoms with Crippen molar-refractivity contribution in [2.45, 2.75) is 41.5 Å². The van der Waals surface area contributed by atoms with E-state index < -0.39 is 0 Å². The number of rotatable bonds is 2. The van der Waals surface area contributed by atoms with E-state index in [2.05, 4.69) is 46.9 Å². The Morgan fingerprint density at radius 3 is 1.17 bits per heavy atom. The second-order valence-corrected chi connectivity index (χ2v) is 5.66. The normalized spacial score (nSPS) is 12.5. The quantitative estimate of drug-likeness (QED) is 0.547. The second kappa shape index (κ2) is 5.64.